The number of esters is 1. The summed E-state index contributed by atoms with van der Waals surface area (Å²) in [4.78, 5) is 13.5. The van der Waals surface area contributed by atoms with E-state index in [9.17, 15) is 4.79 Å². The molecule has 5 nitrogen and oxygen atoms in total. The zero-order valence-corrected chi connectivity index (χ0v) is 9.51. The van der Waals surface area contributed by atoms with E-state index in [-0.39, 0.29) is 11.3 Å². The van der Waals surface area contributed by atoms with Crippen molar-refractivity contribution in [3.8, 4) is 6.07 Å². The van der Waals surface area contributed by atoms with Gasteiger partial charge in [-0.2, -0.15) is 5.26 Å². The minimum Gasteiger partial charge on any atom is -0.465 e. The van der Waals surface area contributed by atoms with Gasteiger partial charge < -0.3 is 15.4 Å². The van der Waals surface area contributed by atoms with E-state index in [2.05, 4.69) is 4.74 Å². The lowest BCUT2D eigenvalue weighted by Crippen LogP contribution is -2.13. The van der Waals surface area contributed by atoms with E-state index in [0.717, 1.165) is 0 Å². The van der Waals surface area contributed by atoms with E-state index < -0.39 is 5.97 Å². The third-order valence-corrected chi connectivity index (χ3v) is 3.10. The third-order valence-electron chi connectivity index (χ3n) is 1.82. The highest BCUT2D eigenvalue weighted by molar-refractivity contribution is 7.17. The second-order valence-corrected chi connectivity index (χ2v) is 4.02. The van der Waals surface area contributed by atoms with Gasteiger partial charge in [-0.3, -0.25) is 0 Å². The van der Waals surface area contributed by atoms with Crippen LogP contribution in [0.5, 0.6) is 0 Å². The highest BCUT2D eigenvalue weighted by Gasteiger charge is 2.23. The summed E-state index contributed by atoms with van der Waals surface area (Å²) < 4.78 is 4.62. The maximum Gasteiger partial charge on any atom is 0.343 e. The van der Waals surface area contributed by atoms with Gasteiger partial charge in [0, 0.05) is 14.1 Å². The maximum absolute atomic E-state index is 11.5. The zero-order chi connectivity index (χ0) is 11.6. The molecule has 0 amide bonds. The van der Waals surface area contributed by atoms with Gasteiger partial charge in [0.25, 0.3) is 0 Å². The van der Waals surface area contributed by atoms with Crippen LogP contribution in [-0.4, -0.2) is 27.2 Å². The molecule has 6 heteroatoms. The van der Waals surface area contributed by atoms with Crippen LogP contribution < -0.4 is 10.6 Å². The summed E-state index contributed by atoms with van der Waals surface area (Å²) in [6, 6.07) is 1.95. The number of thiophene rings is 1. The van der Waals surface area contributed by atoms with Crippen molar-refractivity contribution in [2.75, 3.05) is 31.8 Å². The largest absolute Gasteiger partial charge is 0.465 e. The Balaban J connectivity index is 3.40. The monoisotopic (exact) mass is 225 g/mol. The lowest BCUT2D eigenvalue weighted by molar-refractivity contribution is 0.0603. The molecular weight excluding hydrogens is 214 g/mol. The quantitative estimate of drug-likeness (QED) is 0.761. The van der Waals surface area contributed by atoms with Crippen LogP contribution in [0.15, 0.2) is 0 Å². The second kappa shape index (κ2) is 4.19. The van der Waals surface area contributed by atoms with Crippen molar-refractivity contribution >= 4 is 28.0 Å². The van der Waals surface area contributed by atoms with Crippen molar-refractivity contribution in [1.29, 1.82) is 5.26 Å². The number of carbonyl (C=O) groups excluding carboxylic acids is 1. The number of nitrogen functional groups attached to an aromatic ring is 1. The van der Waals surface area contributed by atoms with Gasteiger partial charge >= 0.3 is 5.97 Å². The van der Waals surface area contributed by atoms with Gasteiger partial charge in [-0.15, -0.1) is 11.3 Å². The normalized spacial score (nSPS) is 9.47. The molecule has 0 aliphatic heterocycles. The molecule has 1 heterocycles. The Hall–Kier alpha value is -1.74. The van der Waals surface area contributed by atoms with Crippen molar-refractivity contribution in [2.24, 2.45) is 0 Å². The molecule has 0 atom stereocenters. The van der Waals surface area contributed by atoms with E-state index >= 15 is 0 Å². The predicted octanol–water partition coefficient (Wildman–Crippen LogP) is 1.05. The number of rotatable bonds is 2. The second-order valence-electron chi connectivity index (χ2n) is 3.02. The Morgan fingerprint density at radius 2 is 2.20 bits per heavy atom. The molecule has 1 rings (SSSR count). The molecule has 0 radical (unpaired) electrons. The first-order chi connectivity index (χ1) is 7.02. The number of nitriles is 1. The van der Waals surface area contributed by atoms with Crippen LogP contribution in [0.1, 0.15) is 15.2 Å². The van der Waals surface area contributed by atoms with Gasteiger partial charge in [-0.1, -0.05) is 0 Å². The van der Waals surface area contributed by atoms with Crippen molar-refractivity contribution in [1.82, 2.24) is 0 Å². The number of methoxy groups -OCH3 is 1. The molecule has 0 unspecified atom stereocenters. The summed E-state index contributed by atoms with van der Waals surface area (Å²) in [6.07, 6.45) is 0. The van der Waals surface area contributed by atoms with Crippen molar-refractivity contribution in [3.63, 3.8) is 0 Å². The van der Waals surface area contributed by atoms with Gasteiger partial charge in [-0.25, -0.2) is 4.79 Å². The number of hydrogen-bond acceptors (Lipinski definition) is 6. The number of nitrogens with two attached hydrogens (primary N) is 1. The molecule has 0 aliphatic carbocycles. The Morgan fingerprint density at radius 3 is 2.60 bits per heavy atom. The summed E-state index contributed by atoms with van der Waals surface area (Å²) in [7, 11) is 4.84. The molecule has 0 bridgehead atoms. The van der Waals surface area contributed by atoms with Gasteiger partial charge in [0.2, 0.25) is 0 Å². The van der Waals surface area contributed by atoms with Crippen molar-refractivity contribution < 1.29 is 9.53 Å². The Kier molecular flexibility index (Phi) is 3.17. The topological polar surface area (TPSA) is 79.3 Å². The number of nitrogens with zero attached hydrogens (tertiary/aromatic N) is 2. The lowest BCUT2D eigenvalue weighted by atomic mass is 10.2. The molecule has 0 saturated carbocycles. The van der Waals surface area contributed by atoms with Crippen LogP contribution in [0.4, 0.5) is 10.7 Å². The summed E-state index contributed by atoms with van der Waals surface area (Å²) >= 11 is 1.18. The number of hydrogen-bond donors (Lipinski definition) is 1. The average Bonchev–Trinajstić information content (AvgIpc) is 2.54. The van der Waals surface area contributed by atoms with Crippen molar-refractivity contribution in [3.05, 3.63) is 10.4 Å². The molecule has 15 heavy (non-hydrogen) atoms. The molecule has 0 aliphatic rings. The van der Waals surface area contributed by atoms with Crippen LogP contribution in [0.25, 0.3) is 0 Å². The van der Waals surface area contributed by atoms with Gasteiger partial charge in [0.15, 0.2) is 0 Å². The molecular formula is C9H11N3O2S. The number of carbonyl (C=O) groups is 1. The molecule has 0 spiro atoms. The molecule has 0 aromatic carbocycles. The fourth-order valence-electron chi connectivity index (χ4n) is 1.13. The fourth-order valence-corrected chi connectivity index (χ4v) is 2.06. The molecule has 80 valence electrons. The van der Waals surface area contributed by atoms with Crippen LogP contribution in [-0.2, 0) is 4.74 Å². The summed E-state index contributed by atoms with van der Waals surface area (Å²) in [5.41, 5.74) is 6.15. The van der Waals surface area contributed by atoms with Gasteiger partial charge in [0.1, 0.15) is 21.5 Å². The van der Waals surface area contributed by atoms with E-state index in [1.807, 2.05) is 6.07 Å². The van der Waals surface area contributed by atoms with E-state index in [0.29, 0.717) is 9.88 Å². The molecule has 1 aromatic heterocycles. The van der Waals surface area contributed by atoms with Crippen LogP contribution >= 0.6 is 11.3 Å². The first-order valence-electron chi connectivity index (χ1n) is 4.11. The summed E-state index contributed by atoms with van der Waals surface area (Å²) in [6.45, 7) is 0. The number of ether oxygens (including phenoxy) is 1. The molecule has 2 N–H and O–H groups in total. The Bertz CT molecular complexity index is 431. The minimum atomic E-state index is -0.519. The zero-order valence-electron chi connectivity index (χ0n) is 8.70. The van der Waals surface area contributed by atoms with E-state index in [4.69, 9.17) is 11.0 Å². The molecule has 0 saturated heterocycles. The highest BCUT2D eigenvalue weighted by Crippen LogP contribution is 2.37. The van der Waals surface area contributed by atoms with E-state index in [1.54, 1.807) is 19.0 Å². The SMILES string of the molecule is COC(=O)c1c(N(C)C)sc(C#N)c1N. The first kappa shape index (κ1) is 11.3. The summed E-state index contributed by atoms with van der Waals surface area (Å²) in [5, 5.41) is 9.44. The summed E-state index contributed by atoms with van der Waals surface area (Å²) in [5.74, 6) is -0.519. The van der Waals surface area contributed by atoms with Crippen LogP contribution in [0.2, 0.25) is 0 Å². The molecule has 1 aromatic rings. The first-order valence-corrected chi connectivity index (χ1v) is 4.92. The Labute approximate surface area is 91.7 Å². The van der Waals surface area contributed by atoms with Crippen LogP contribution in [0.3, 0.4) is 0 Å². The maximum atomic E-state index is 11.5. The minimum absolute atomic E-state index is 0.193. The van der Waals surface area contributed by atoms with Crippen LogP contribution in [0, 0.1) is 11.3 Å². The Morgan fingerprint density at radius 1 is 1.60 bits per heavy atom. The lowest BCUT2D eigenvalue weighted by Gasteiger charge is -2.11. The third kappa shape index (κ3) is 1.87. The van der Waals surface area contributed by atoms with E-state index in [1.165, 1.54) is 18.4 Å². The van der Waals surface area contributed by atoms with Gasteiger partial charge in [0.05, 0.1) is 12.8 Å². The van der Waals surface area contributed by atoms with Crippen molar-refractivity contribution in [2.45, 2.75) is 0 Å². The van der Waals surface area contributed by atoms with Gasteiger partial charge in [-0.05, 0) is 0 Å². The molecule has 0 fully saturated rings. The predicted molar refractivity (Wildman–Crippen MR) is 59.1 cm³/mol. The highest BCUT2D eigenvalue weighted by atomic mass is 32.1. The standard InChI is InChI=1S/C9H11N3O2S/c1-12(2)8-6(9(13)14-3)7(11)5(4-10)15-8/h11H2,1-3H3. The average molecular weight is 225 g/mol. The smallest absolute Gasteiger partial charge is 0.343 e. The number of anilines is 2. The fraction of sp³-hybridized carbons (Fsp3) is 0.333.